The van der Waals surface area contributed by atoms with E-state index in [4.69, 9.17) is 4.74 Å². The van der Waals surface area contributed by atoms with Gasteiger partial charge in [-0.1, -0.05) is 6.92 Å². The van der Waals surface area contributed by atoms with E-state index < -0.39 is 0 Å². The fourth-order valence-corrected chi connectivity index (χ4v) is 2.58. The maximum absolute atomic E-state index is 13.2. The molecule has 0 bridgehead atoms. The Morgan fingerprint density at radius 3 is 2.94 bits per heavy atom. The summed E-state index contributed by atoms with van der Waals surface area (Å²) in [5.41, 5.74) is 1.05. The van der Waals surface area contributed by atoms with Gasteiger partial charge in [0.25, 0.3) is 0 Å². The van der Waals surface area contributed by atoms with Crippen molar-refractivity contribution in [1.29, 1.82) is 0 Å². The highest BCUT2D eigenvalue weighted by Crippen LogP contribution is 2.24. The summed E-state index contributed by atoms with van der Waals surface area (Å²) in [6.07, 6.45) is 2.10. The lowest BCUT2D eigenvalue weighted by Gasteiger charge is -2.10. The third-order valence-electron chi connectivity index (χ3n) is 2.52. The highest BCUT2D eigenvalue weighted by atomic mass is 32.2. The van der Waals surface area contributed by atoms with Crippen molar-refractivity contribution < 1.29 is 9.13 Å². The summed E-state index contributed by atoms with van der Waals surface area (Å²) in [5, 5.41) is 3.32. The first-order chi connectivity index (χ1) is 8.77. The minimum atomic E-state index is -0.162. The van der Waals surface area contributed by atoms with Crippen LogP contribution in [0.15, 0.2) is 23.1 Å². The lowest BCUT2D eigenvalue weighted by molar-refractivity contribution is 0.200. The molecule has 0 spiro atoms. The van der Waals surface area contributed by atoms with Gasteiger partial charge < -0.3 is 10.1 Å². The molecule has 0 aromatic heterocycles. The minimum Gasteiger partial charge on any atom is -0.385 e. The van der Waals surface area contributed by atoms with Gasteiger partial charge in [-0.15, -0.1) is 11.8 Å². The van der Waals surface area contributed by atoms with Crippen molar-refractivity contribution in [2.45, 2.75) is 31.2 Å². The van der Waals surface area contributed by atoms with E-state index >= 15 is 0 Å². The van der Waals surface area contributed by atoms with Crippen molar-refractivity contribution in [1.82, 2.24) is 5.32 Å². The summed E-state index contributed by atoms with van der Waals surface area (Å²) in [7, 11) is 1.71. The summed E-state index contributed by atoms with van der Waals surface area (Å²) in [5.74, 6) is 0.838. The third-order valence-corrected chi connectivity index (χ3v) is 3.72. The summed E-state index contributed by atoms with van der Waals surface area (Å²) < 4.78 is 18.3. The van der Waals surface area contributed by atoms with Crippen LogP contribution in [0, 0.1) is 5.82 Å². The van der Waals surface area contributed by atoms with Crippen LogP contribution < -0.4 is 5.32 Å². The molecule has 1 aromatic rings. The Kier molecular flexibility index (Phi) is 8.05. The van der Waals surface area contributed by atoms with Crippen molar-refractivity contribution in [2.75, 3.05) is 26.0 Å². The van der Waals surface area contributed by atoms with Gasteiger partial charge in [0.1, 0.15) is 5.82 Å². The van der Waals surface area contributed by atoms with E-state index in [1.54, 1.807) is 24.9 Å². The van der Waals surface area contributed by atoms with Gasteiger partial charge in [-0.2, -0.15) is 0 Å². The predicted molar refractivity (Wildman–Crippen MR) is 75.6 cm³/mol. The Morgan fingerprint density at radius 1 is 1.39 bits per heavy atom. The standard InChI is InChI=1S/C14H22FNOS/c1-3-7-16-11-12-10-13(15)5-6-14(12)18-9-4-8-17-2/h5-6,10,16H,3-4,7-9,11H2,1-2H3. The Hall–Kier alpha value is -0.580. The first kappa shape index (κ1) is 15.5. The molecule has 0 fully saturated rings. The molecule has 0 aliphatic carbocycles. The van der Waals surface area contributed by atoms with Crippen LogP contribution in [-0.2, 0) is 11.3 Å². The first-order valence-electron chi connectivity index (χ1n) is 6.38. The fourth-order valence-electron chi connectivity index (χ4n) is 1.61. The highest BCUT2D eigenvalue weighted by Gasteiger charge is 2.04. The van der Waals surface area contributed by atoms with Gasteiger partial charge in [-0.3, -0.25) is 0 Å². The van der Waals surface area contributed by atoms with E-state index in [2.05, 4.69) is 12.2 Å². The molecule has 0 heterocycles. The largest absolute Gasteiger partial charge is 0.385 e. The molecule has 0 atom stereocenters. The third kappa shape index (κ3) is 5.85. The number of hydrogen-bond donors (Lipinski definition) is 1. The molecule has 1 rings (SSSR count). The van der Waals surface area contributed by atoms with E-state index in [0.29, 0.717) is 0 Å². The lowest BCUT2D eigenvalue weighted by Crippen LogP contribution is -2.14. The van der Waals surface area contributed by atoms with Gasteiger partial charge >= 0.3 is 0 Å². The van der Waals surface area contributed by atoms with Gasteiger partial charge in [0, 0.05) is 30.9 Å². The maximum atomic E-state index is 13.2. The SMILES string of the molecule is CCCNCc1cc(F)ccc1SCCCOC. The lowest BCUT2D eigenvalue weighted by atomic mass is 10.2. The van der Waals surface area contributed by atoms with Crippen molar-refractivity contribution in [3.05, 3.63) is 29.6 Å². The summed E-state index contributed by atoms with van der Waals surface area (Å²) in [4.78, 5) is 1.16. The second kappa shape index (κ2) is 9.36. The van der Waals surface area contributed by atoms with Crippen LogP contribution in [0.3, 0.4) is 0 Å². The topological polar surface area (TPSA) is 21.3 Å². The van der Waals surface area contributed by atoms with Crippen LogP contribution >= 0.6 is 11.8 Å². The molecule has 0 radical (unpaired) electrons. The summed E-state index contributed by atoms with van der Waals surface area (Å²) in [6.45, 7) is 4.60. The monoisotopic (exact) mass is 271 g/mol. The molecule has 2 nitrogen and oxygen atoms in total. The Balaban J connectivity index is 2.52. The van der Waals surface area contributed by atoms with Crippen molar-refractivity contribution >= 4 is 11.8 Å². The zero-order valence-electron chi connectivity index (χ0n) is 11.2. The molecule has 1 aromatic carbocycles. The van der Waals surface area contributed by atoms with Crippen LogP contribution in [0.25, 0.3) is 0 Å². The summed E-state index contributed by atoms with van der Waals surface area (Å²) >= 11 is 1.77. The number of benzene rings is 1. The van der Waals surface area contributed by atoms with Crippen molar-refractivity contribution in [2.24, 2.45) is 0 Å². The van der Waals surface area contributed by atoms with E-state index in [-0.39, 0.29) is 5.82 Å². The second-order valence-electron chi connectivity index (χ2n) is 4.12. The molecule has 0 saturated carbocycles. The molecular formula is C14H22FNOS. The van der Waals surface area contributed by atoms with Crippen LogP contribution in [0.4, 0.5) is 4.39 Å². The van der Waals surface area contributed by atoms with Gasteiger partial charge in [0.05, 0.1) is 0 Å². The molecule has 4 heteroatoms. The number of ether oxygens (including phenoxy) is 1. The zero-order chi connectivity index (χ0) is 13.2. The van der Waals surface area contributed by atoms with Gasteiger partial charge in [-0.25, -0.2) is 4.39 Å². The average molecular weight is 271 g/mol. The van der Waals surface area contributed by atoms with E-state index in [1.807, 2.05) is 6.07 Å². The molecular weight excluding hydrogens is 249 g/mol. The van der Waals surface area contributed by atoms with Crippen LogP contribution in [0.5, 0.6) is 0 Å². The summed E-state index contributed by atoms with van der Waals surface area (Å²) in [6, 6.07) is 5.03. The van der Waals surface area contributed by atoms with Crippen LogP contribution in [-0.4, -0.2) is 26.0 Å². The Bertz CT molecular complexity index is 347. The number of nitrogens with one attached hydrogen (secondary N) is 1. The maximum Gasteiger partial charge on any atom is 0.123 e. The molecule has 0 saturated heterocycles. The minimum absolute atomic E-state index is 0.162. The fraction of sp³-hybridized carbons (Fsp3) is 0.571. The van der Waals surface area contributed by atoms with Crippen molar-refractivity contribution in [3.8, 4) is 0 Å². The van der Waals surface area contributed by atoms with E-state index in [1.165, 1.54) is 6.07 Å². The Labute approximate surface area is 113 Å². The first-order valence-corrected chi connectivity index (χ1v) is 7.37. The molecule has 0 aliphatic rings. The van der Waals surface area contributed by atoms with Crippen LogP contribution in [0.2, 0.25) is 0 Å². The second-order valence-corrected chi connectivity index (χ2v) is 5.26. The molecule has 18 heavy (non-hydrogen) atoms. The molecule has 0 amide bonds. The zero-order valence-corrected chi connectivity index (χ0v) is 12.0. The van der Waals surface area contributed by atoms with E-state index in [9.17, 15) is 4.39 Å². The normalized spacial score (nSPS) is 10.8. The highest BCUT2D eigenvalue weighted by molar-refractivity contribution is 7.99. The van der Waals surface area contributed by atoms with Gasteiger partial charge in [-0.05, 0) is 43.1 Å². The van der Waals surface area contributed by atoms with Gasteiger partial charge in [0.15, 0.2) is 0 Å². The number of halogens is 1. The van der Waals surface area contributed by atoms with E-state index in [0.717, 1.165) is 48.7 Å². The molecule has 1 N–H and O–H groups in total. The quantitative estimate of drug-likeness (QED) is 0.549. The average Bonchev–Trinajstić information content (AvgIpc) is 2.37. The molecule has 0 unspecified atom stereocenters. The smallest absolute Gasteiger partial charge is 0.123 e. The molecule has 102 valence electrons. The number of thioether (sulfide) groups is 1. The van der Waals surface area contributed by atoms with Crippen LogP contribution in [0.1, 0.15) is 25.3 Å². The predicted octanol–water partition coefficient (Wildman–Crippen LogP) is 3.45. The Morgan fingerprint density at radius 2 is 2.22 bits per heavy atom. The number of hydrogen-bond acceptors (Lipinski definition) is 3. The number of rotatable bonds is 9. The van der Waals surface area contributed by atoms with Crippen molar-refractivity contribution in [3.63, 3.8) is 0 Å². The number of methoxy groups -OCH3 is 1. The van der Waals surface area contributed by atoms with Gasteiger partial charge in [0.2, 0.25) is 0 Å². The molecule has 0 aliphatic heterocycles.